The summed E-state index contributed by atoms with van der Waals surface area (Å²) in [6.45, 7) is 5.11. The Labute approximate surface area is 108 Å². The largest absolute Gasteiger partial charge is 0.748 e. The average molecular weight is 277 g/mol. The summed E-state index contributed by atoms with van der Waals surface area (Å²) >= 11 is 0. The molecule has 1 amide bonds. The molecule has 1 rings (SSSR count). The number of carbonyl (C=O) groups excluding carboxylic acids is 1. The third kappa shape index (κ3) is 7.93. The van der Waals surface area contributed by atoms with Crippen LogP contribution in [0.5, 0.6) is 0 Å². The normalized spacial score (nSPS) is 21.9. The van der Waals surface area contributed by atoms with Gasteiger partial charge >= 0.3 is 0 Å². The van der Waals surface area contributed by atoms with Crippen LogP contribution in [-0.2, 0) is 14.9 Å². The highest BCUT2D eigenvalue weighted by Crippen LogP contribution is 2.15. The Morgan fingerprint density at radius 3 is 2.39 bits per heavy atom. The van der Waals surface area contributed by atoms with E-state index in [2.05, 4.69) is 17.4 Å². The molecule has 0 radical (unpaired) electrons. The number of nitrogens with one attached hydrogen (secondary N) is 1. The van der Waals surface area contributed by atoms with Crippen LogP contribution in [0.2, 0.25) is 0 Å². The fourth-order valence-electron chi connectivity index (χ4n) is 1.21. The molecule has 0 saturated heterocycles. The molecule has 1 aliphatic heterocycles. The predicted molar refractivity (Wildman–Crippen MR) is 67.6 cm³/mol. The minimum atomic E-state index is -3.92. The van der Waals surface area contributed by atoms with Gasteiger partial charge in [-0.05, 0) is 0 Å². The summed E-state index contributed by atoms with van der Waals surface area (Å²) in [4.78, 5) is 14.7. The van der Waals surface area contributed by atoms with Crippen molar-refractivity contribution in [1.82, 2.24) is 5.32 Å². The topological polar surface area (TPSA) is 98.7 Å². The maximum Gasteiger partial charge on any atom is 0.217 e. The van der Waals surface area contributed by atoms with Gasteiger partial charge in [0.05, 0.1) is 29.9 Å². The smallest absolute Gasteiger partial charge is 0.217 e. The Bertz CT molecular complexity index is 448. The van der Waals surface area contributed by atoms with Gasteiger partial charge in [-0.15, -0.1) is 0 Å². The number of amides is 1. The van der Waals surface area contributed by atoms with Crippen LogP contribution < -0.4 is 5.32 Å². The number of allylic oxidation sites excluding steroid dienone is 1. The van der Waals surface area contributed by atoms with E-state index < -0.39 is 10.1 Å². The lowest BCUT2D eigenvalue weighted by molar-refractivity contribution is -0.769. The lowest BCUT2D eigenvalue weighted by Crippen LogP contribution is -2.44. The molecule has 0 bridgehead atoms. The van der Waals surface area contributed by atoms with Gasteiger partial charge in [0.1, 0.15) is 12.2 Å². The van der Waals surface area contributed by atoms with Gasteiger partial charge in [-0.1, -0.05) is 0 Å². The van der Waals surface area contributed by atoms with Crippen LogP contribution in [0.3, 0.4) is 0 Å². The average Bonchev–Trinajstić information content (AvgIpc) is 2.43. The minimum absolute atomic E-state index is 0.0179. The zero-order valence-electron chi connectivity index (χ0n) is 11.0. The Balaban J connectivity index is 0.000000494. The van der Waals surface area contributed by atoms with Crippen molar-refractivity contribution < 1.29 is 22.2 Å². The Morgan fingerprint density at radius 2 is 2.06 bits per heavy atom. The quantitative estimate of drug-likeness (QED) is 0.562. The third-order valence-electron chi connectivity index (χ3n) is 2.34. The first kappa shape index (κ1) is 16.8. The molecular formula is C10H19N3O4S. The highest BCUT2D eigenvalue weighted by atomic mass is 32.2. The van der Waals surface area contributed by atoms with Gasteiger partial charge in [0.2, 0.25) is 5.91 Å². The van der Waals surface area contributed by atoms with E-state index in [1.54, 1.807) is 0 Å². The number of hydrogen-bond donors (Lipinski definition) is 1. The number of aliphatic imine (C=N–C) groups is 1. The van der Waals surface area contributed by atoms with E-state index in [4.69, 9.17) is 13.0 Å². The van der Waals surface area contributed by atoms with Crippen LogP contribution in [0.25, 0.3) is 0 Å². The fourth-order valence-corrected chi connectivity index (χ4v) is 1.21. The zero-order chi connectivity index (χ0) is 14.4. The zero-order valence-corrected chi connectivity index (χ0v) is 11.8. The molecule has 1 heterocycles. The van der Waals surface area contributed by atoms with E-state index in [0.29, 0.717) is 17.3 Å². The van der Waals surface area contributed by atoms with Gasteiger partial charge in [0, 0.05) is 20.1 Å². The summed E-state index contributed by atoms with van der Waals surface area (Å²) in [6.07, 6.45) is 4.35. The molecule has 0 aromatic carbocycles. The van der Waals surface area contributed by atoms with Gasteiger partial charge in [-0.2, -0.15) is 0 Å². The van der Waals surface area contributed by atoms with Crippen molar-refractivity contribution in [2.24, 2.45) is 4.99 Å². The van der Waals surface area contributed by atoms with Crippen LogP contribution in [0.1, 0.15) is 13.8 Å². The van der Waals surface area contributed by atoms with Crippen LogP contribution in [0.4, 0.5) is 0 Å². The van der Waals surface area contributed by atoms with Gasteiger partial charge in [-0.25, -0.2) is 13.4 Å². The standard InChI is InChI=1S/C9H15N3O.CH4O3S/c1-8-6-10-7-12(8,3)5-4-11-9(2)13;1-5(2,3)4/h6-7H,4-5H2,1-3H3;1H3,(H,2,3,4). The van der Waals surface area contributed by atoms with Crippen LogP contribution in [0, 0.1) is 0 Å². The maximum atomic E-state index is 10.6. The van der Waals surface area contributed by atoms with Crippen LogP contribution in [0.15, 0.2) is 16.9 Å². The van der Waals surface area contributed by atoms with Crippen molar-refractivity contribution in [2.45, 2.75) is 13.8 Å². The van der Waals surface area contributed by atoms with Crippen molar-refractivity contribution in [2.75, 3.05) is 26.4 Å². The summed E-state index contributed by atoms with van der Waals surface area (Å²) in [5, 5.41) is 2.77. The first-order chi connectivity index (χ1) is 8.04. The first-order valence-corrected chi connectivity index (χ1v) is 7.08. The highest BCUT2D eigenvalue weighted by molar-refractivity contribution is 7.84. The minimum Gasteiger partial charge on any atom is -0.748 e. The van der Waals surface area contributed by atoms with Crippen molar-refractivity contribution >= 4 is 22.4 Å². The molecule has 1 N–H and O–H groups in total. The van der Waals surface area contributed by atoms with Crippen LogP contribution in [-0.4, -0.2) is 56.1 Å². The number of rotatable bonds is 3. The van der Waals surface area contributed by atoms with E-state index in [-0.39, 0.29) is 5.91 Å². The molecule has 18 heavy (non-hydrogen) atoms. The second-order valence-electron chi connectivity index (χ2n) is 4.21. The Kier molecular flexibility index (Phi) is 6.16. The molecule has 0 fully saturated rings. The van der Waals surface area contributed by atoms with E-state index in [1.807, 2.05) is 19.5 Å². The number of carbonyl (C=O) groups is 1. The summed E-state index contributed by atoms with van der Waals surface area (Å²) < 4.78 is 27.9. The summed E-state index contributed by atoms with van der Waals surface area (Å²) in [5.74, 6) is 0.0179. The van der Waals surface area contributed by atoms with Crippen molar-refractivity contribution in [1.29, 1.82) is 0 Å². The van der Waals surface area contributed by atoms with Crippen molar-refractivity contribution in [3.63, 3.8) is 0 Å². The molecule has 0 aromatic heterocycles. The predicted octanol–water partition coefficient (Wildman–Crippen LogP) is -0.366. The lowest BCUT2D eigenvalue weighted by Gasteiger charge is -2.25. The van der Waals surface area contributed by atoms with Gasteiger partial charge < -0.3 is 9.87 Å². The molecule has 1 unspecified atom stereocenters. The SMILES string of the molecule is CC(=O)NCC[N+]1(C)C=NC=C1C.CS(=O)(=O)[O-]. The second kappa shape index (κ2) is 6.62. The molecule has 104 valence electrons. The Morgan fingerprint density at radius 1 is 1.56 bits per heavy atom. The number of quaternary nitrogens is 1. The Hall–Kier alpha value is -1.25. The van der Waals surface area contributed by atoms with E-state index in [1.165, 1.54) is 12.6 Å². The molecule has 8 heteroatoms. The monoisotopic (exact) mass is 277 g/mol. The summed E-state index contributed by atoms with van der Waals surface area (Å²) in [7, 11) is -1.84. The van der Waals surface area contributed by atoms with Crippen molar-refractivity contribution in [3.8, 4) is 0 Å². The molecule has 0 spiro atoms. The number of likely N-dealkylation sites (N-methyl/N-ethyl adjacent to an activating group) is 1. The lowest BCUT2D eigenvalue weighted by atomic mass is 10.3. The third-order valence-corrected chi connectivity index (χ3v) is 2.34. The molecule has 0 aliphatic carbocycles. The van der Waals surface area contributed by atoms with E-state index in [9.17, 15) is 4.79 Å². The highest BCUT2D eigenvalue weighted by Gasteiger charge is 2.25. The molecule has 1 aliphatic rings. The summed E-state index contributed by atoms with van der Waals surface area (Å²) in [5.41, 5.74) is 1.20. The second-order valence-corrected chi connectivity index (χ2v) is 5.62. The maximum absolute atomic E-state index is 10.6. The van der Waals surface area contributed by atoms with Gasteiger partial charge in [0.15, 0.2) is 6.34 Å². The molecule has 0 aromatic rings. The van der Waals surface area contributed by atoms with E-state index in [0.717, 1.165) is 6.54 Å². The van der Waals surface area contributed by atoms with Gasteiger partial charge in [-0.3, -0.25) is 9.28 Å². The number of hydrogen-bond acceptors (Lipinski definition) is 5. The molecule has 7 nitrogen and oxygen atoms in total. The fraction of sp³-hybridized carbons (Fsp3) is 0.600. The molecular weight excluding hydrogens is 258 g/mol. The van der Waals surface area contributed by atoms with Crippen LogP contribution >= 0.6 is 0 Å². The van der Waals surface area contributed by atoms with Gasteiger partial charge in [0.25, 0.3) is 0 Å². The number of nitrogens with zero attached hydrogens (tertiary/aromatic N) is 2. The molecule has 0 saturated carbocycles. The molecule has 1 atom stereocenters. The van der Waals surface area contributed by atoms with E-state index >= 15 is 0 Å². The van der Waals surface area contributed by atoms with Crippen molar-refractivity contribution in [3.05, 3.63) is 11.9 Å². The first-order valence-electron chi connectivity index (χ1n) is 5.27. The summed E-state index contributed by atoms with van der Waals surface area (Å²) in [6, 6.07) is 0.